The largest absolute Gasteiger partial charge is 0.417 e. The molecular weight excluding hydrogens is 420 g/mol. The Labute approximate surface area is 169 Å². The lowest BCUT2D eigenvalue weighted by molar-refractivity contribution is -0.137. The minimum Gasteiger partial charge on any atom is -0.352 e. The summed E-state index contributed by atoms with van der Waals surface area (Å²) in [6.45, 7) is 2.28. The maximum Gasteiger partial charge on any atom is 0.417 e. The highest BCUT2D eigenvalue weighted by Gasteiger charge is 2.32. The smallest absolute Gasteiger partial charge is 0.352 e. The fourth-order valence-corrected chi connectivity index (χ4v) is 3.39. The molecule has 2 aromatic rings. The van der Waals surface area contributed by atoms with Crippen LogP contribution in [-0.2, 0) is 6.18 Å². The number of pyridine rings is 1. The number of hydrogen-bond acceptors (Lipinski definition) is 3. The molecule has 0 bridgehead atoms. The molecule has 0 radical (unpaired) electrons. The third kappa shape index (κ3) is 4.94. The van der Waals surface area contributed by atoms with Gasteiger partial charge in [0.15, 0.2) is 5.11 Å². The van der Waals surface area contributed by atoms with Crippen molar-refractivity contribution in [1.82, 2.24) is 9.88 Å². The summed E-state index contributed by atoms with van der Waals surface area (Å²) < 4.78 is 38.2. The van der Waals surface area contributed by atoms with Gasteiger partial charge in [-0.15, -0.1) is 0 Å². The van der Waals surface area contributed by atoms with Crippen LogP contribution in [0, 0.1) is 0 Å². The van der Waals surface area contributed by atoms with Gasteiger partial charge in [-0.2, -0.15) is 13.2 Å². The molecule has 1 aliphatic rings. The normalized spacial score (nSPS) is 15.0. The number of aromatic nitrogens is 1. The van der Waals surface area contributed by atoms with E-state index in [9.17, 15) is 13.2 Å². The lowest BCUT2D eigenvalue weighted by Gasteiger charge is -2.37. The number of hydrogen-bond donors (Lipinski definition) is 1. The summed E-state index contributed by atoms with van der Waals surface area (Å²) in [5, 5.41) is 4.34. The molecule has 0 aliphatic carbocycles. The first kappa shape index (κ1) is 20.0. The standard InChI is InChI=1S/C17H15Cl2F3N4S/c18-12-1-3-13(4-2-12)24-16(27)26-7-5-25(6-8-26)15-14(19)9-11(10-23-15)17(20,21)22/h1-4,9-10H,5-8H2,(H,24,27). The molecule has 10 heteroatoms. The van der Waals surface area contributed by atoms with E-state index in [1.165, 1.54) is 0 Å². The summed E-state index contributed by atoms with van der Waals surface area (Å²) in [6.07, 6.45) is -3.66. The third-order valence-electron chi connectivity index (χ3n) is 4.11. The molecule has 0 unspecified atom stereocenters. The summed E-state index contributed by atoms with van der Waals surface area (Å²) in [5.41, 5.74) is -0.0255. The second-order valence-corrected chi connectivity index (χ2v) is 7.17. The first-order valence-electron chi connectivity index (χ1n) is 8.03. The number of halogens is 5. The van der Waals surface area contributed by atoms with Crippen molar-refractivity contribution in [3.63, 3.8) is 0 Å². The first-order valence-corrected chi connectivity index (χ1v) is 9.19. The van der Waals surface area contributed by atoms with Gasteiger partial charge in [0.1, 0.15) is 5.82 Å². The van der Waals surface area contributed by atoms with E-state index in [0.717, 1.165) is 18.0 Å². The zero-order valence-corrected chi connectivity index (χ0v) is 16.3. The average molecular weight is 435 g/mol. The van der Waals surface area contributed by atoms with Crippen LogP contribution in [0.15, 0.2) is 36.5 Å². The van der Waals surface area contributed by atoms with Crippen LogP contribution in [-0.4, -0.2) is 41.2 Å². The van der Waals surface area contributed by atoms with Gasteiger partial charge in [-0.25, -0.2) is 4.98 Å². The third-order valence-corrected chi connectivity index (χ3v) is 5.00. The molecule has 0 amide bonds. The predicted molar refractivity (Wildman–Crippen MR) is 106 cm³/mol. The van der Waals surface area contributed by atoms with Gasteiger partial charge in [0.25, 0.3) is 0 Å². The molecule has 1 aromatic carbocycles. The molecule has 27 heavy (non-hydrogen) atoms. The molecule has 3 rings (SSSR count). The number of benzene rings is 1. The molecule has 4 nitrogen and oxygen atoms in total. The summed E-state index contributed by atoms with van der Waals surface area (Å²) in [7, 11) is 0. The van der Waals surface area contributed by atoms with Gasteiger partial charge in [0, 0.05) is 43.1 Å². The van der Waals surface area contributed by atoms with Crippen molar-refractivity contribution in [3.8, 4) is 0 Å². The molecule has 1 aliphatic heterocycles. The molecule has 1 aromatic heterocycles. The highest BCUT2D eigenvalue weighted by atomic mass is 35.5. The van der Waals surface area contributed by atoms with Gasteiger partial charge in [-0.3, -0.25) is 0 Å². The maximum atomic E-state index is 12.7. The van der Waals surface area contributed by atoms with Gasteiger partial charge in [0.05, 0.1) is 10.6 Å². The van der Waals surface area contributed by atoms with E-state index in [1.807, 2.05) is 21.9 Å². The van der Waals surface area contributed by atoms with E-state index in [4.69, 9.17) is 35.4 Å². The Kier molecular flexibility index (Phi) is 5.98. The second kappa shape index (κ2) is 8.08. The van der Waals surface area contributed by atoms with Crippen molar-refractivity contribution >= 4 is 52.0 Å². The number of alkyl halides is 3. The zero-order valence-electron chi connectivity index (χ0n) is 13.9. The SMILES string of the molecule is FC(F)(F)c1cnc(N2CCN(C(=S)Nc3ccc(Cl)cc3)CC2)c(Cl)c1. The Morgan fingerprint density at radius 1 is 1.07 bits per heavy atom. The van der Waals surface area contributed by atoms with Crippen LogP contribution in [0.5, 0.6) is 0 Å². The Morgan fingerprint density at radius 2 is 1.70 bits per heavy atom. The molecule has 0 saturated carbocycles. The molecular formula is C17H15Cl2F3N4S. The van der Waals surface area contributed by atoms with Crippen molar-refractivity contribution < 1.29 is 13.2 Å². The molecule has 1 N–H and O–H groups in total. The van der Waals surface area contributed by atoms with Crippen LogP contribution in [0.25, 0.3) is 0 Å². The second-order valence-electron chi connectivity index (χ2n) is 5.94. The maximum absolute atomic E-state index is 12.7. The van der Waals surface area contributed by atoms with Crippen LogP contribution in [0.1, 0.15) is 5.56 Å². The van der Waals surface area contributed by atoms with Gasteiger partial charge in [-0.05, 0) is 42.5 Å². The van der Waals surface area contributed by atoms with Crippen molar-refractivity contribution in [1.29, 1.82) is 0 Å². The number of thiocarbonyl (C=S) groups is 1. The van der Waals surface area contributed by atoms with E-state index < -0.39 is 11.7 Å². The topological polar surface area (TPSA) is 31.4 Å². The molecule has 2 heterocycles. The van der Waals surface area contributed by atoms with E-state index in [0.29, 0.717) is 42.1 Å². The number of anilines is 2. The Balaban J connectivity index is 1.60. The van der Waals surface area contributed by atoms with Crippen LogP contribution in [0.2, 0.25) is 10.0 Å². The Bertz CT molecular complexity index is 822. The average Bonchev–Trinajstić information content (AvgIpc) is 2.63. The minimum absolute atomic E-state index is 0.0138. The minimum atomic E-state index is -4.46. The number of rotatable bonds is 2. The number of piperazine rings is 1. The van der Waals surface area contributed by atoms with Crippen molar-refractivity contribution in [2.45, 2.75) is 6.18 Å². The summed E-state index contributed by atoms with van der Waals surface area (Å²) in [4.78, 5) is 7.74. The first-order chi connectivity index (χ1) is 12.7. The fraction of sp³-hybridized carbons (Fsp3) is 0.294. The predicted octanol–water partition coefficient (Wildman–Crippen LogP) is 4.93. The lowest BCUT2D eigenvalue weighted by Crippen LogP contribution is -2.50. The quantitative estimate of drug-likeness (QED) is 0.677. The molecule has 144 valence electrons. The Morgan fingerprint density at radius 3 is 2.26 bits per heavy atom. The van der Waals surface area contributed by atoms with E-state index in [-0.39, 0.29) is 5.02 Å². The van der Waals surface area contributed by atoms with Crippen molar-refractivity contribution in [2.75, 3.05) is 36.4 Å². The van der Waals surface area contributed by atoms with Crippen molar-refractivity contribution in [3.05, 3.63) is 52.1 Å². The van der Waals surface area contributed by atoms with Gasteiger partial charge >= 0.3 is 6.18 Å². The van der Waals surface area contributed by atoms with Crippen LogP contribution in [0.3, 0.4) is 0 Å². The van der Waals surface area contributed by atoms with Crippen LogP contribution < -0.4 is 10.2 Å². The van der Waals surface area contributed by atoms with Gasteiger partial charge in [-0.1, -0.05) is 23.2 Å². The van der Waals surface area contributed by atoms with Gasteiger partial charge in [0.2, 0.25) is 0 Å². The highest BCUT2D eigenvalue weighted by molar-refractivity contribution is 7.80. The van der Waals surface area contributed by atoms with Crippen molar-refractivity contribution in [2.24, 2.45) is 0 Å². The van der Waals surface area contributed by atoms with E-state index in [2.05, 4.69) is 10.3 Å². The molecule has 0 spiro atoms. The Hall–Kier alpha value is -1.77. The van der Waals surface area contributed by atoms with E-state index >= 15 is 0 Å². The summed E-state index contributed by atoms with van der Waals surface area (Å²) in [5.74, 6) is 0.348. The van der Waals surface area contributed by atoms with Crippen LogP contribution in [0.4, 0.5) is 24.7 Å². The summed E-state index contributed by atoms with van der Waals surface area (Å²) in [6, 6.07) is 8.10. The van der Waals surface area contributed by atoms with E-state index in [1.54, 1.807) is 12.1 Å². The summed E-state index contributed by atoms with van der Waals surface area (Å²) >= 11 is 17.3. The molecule has 1 fully saturated rings. The monoisotopic (exact) mass is 434 g/mol. The van der Waals surface area contributed by atoms with Gasteiger partial charge < -0.3 is 15.1 Å². The number of nitrogens with zero attached hydrogens (tertiary/aromatic N) is 3. The highest BCUT2D eigenvalue weighted by Crippen LogP contribution is 2.33. The molecule has 1 saturated heterocycles. The lowest BCUT2D eigenvalue weighted by atomic mass is 10.2. The fourth-order valence-electron chi connectivity index (χ4n) is 2.68. The van der Waals surface area contributed by atoms with Crippen LogP contribution >= 0.6 is 35.4 Å². The molecule has 0 atom stereocenters. The number of nitrogens with one attached hydrogen (secondary N) is 1. The zero-order chi connectivity index (χ0) is 19.6.